The Morgan fingerprint density at radius 3 is 2.55 bits per heavy atom. The Labute approximate surface area is 178 Å². The average Bonchev–Trinajstić information content (AvgIpc) is 2.78. The van der Waals surface area contributed by atoms with Crippen LogP contribution in [-0.4, -0.2) is 20.1 Å². The van der Waals surface area contributed by atoms with Gasteiger partial charge in [-0.3, -0.25) is 9.59 Å². The number of ether oxygens (including phenoxy) is 2. The molecule has 31 heavy (non-hydrogen) atoms. The van der Waals surface area contributed by atoms with E-state index >= 15 is 0 Å². The van der Waals surface area contributed by atoms with Gasteiger partial charge >= 0.3 is 0 Å². The molecule has 0 aliphatic heterocycles. The normalized spacial score (nSPS) is 11.2. The molecule has 3 aromatic carbocycles. The predicted molar refractivity (Wildman–Crippen MR) is 122 cm³/mol. The summed E-state index contributed by atoms with van der Waals surface area (Å²) in [5, 5.41) is 3.81. The minimum absolute atomic E-state index is 0.0915. The molecule has 1 heterocycles. The highest BCUT2D eigenvalue weighted by Gasteiger charge is 2.10. The van der Waals surface area contributed by atoms with Gasteiger partial charge in [0.05, 0.1) is 25.0 Å². The van der Waals surface area contributed by atoms with Crippen LogP contribution in [0.5, 0.6) is 11.5 Å². The Morgan fingerprint density at radius 2 is 1.77 bits per heavy atom. The van der Waals surface area contributed by atoms with Crippen molar-refractivity contribution in [3.63, 3.8) is 0 Å². The van der Waals surface area contributed by atoms with Gasteiger partial charge in [-0.15, -0.1) is 0 Å². The van der Waals surface area contributed by atoms with Crippen LogP contribution in [0.15, 0.2) is 69.9 Å². The van der Waals surface area contributed by atoms with Gasteiger partial charge in [0.15, 0.2) is 11.5 Å². The molecule has 0 aliphatic rings. The summed E-state index contributed by atoms with van der Waals surface area (Å²) in [4.78, 5) is 25.1. The summed E-state index contributed by atoms with van der Waals surface area (Å²) in [5.41, 5.74) is 3.09. The largest absolute Gasteiger partial charge is 0.493 e. The molecule has 0 atom stereocenters. The van der Waals surface area contributed by atoms with E-state index in [-0.39, 0.29) is 11.3 Å². The quantitative estimate of drug-likeness (QED) is 0.370. The standard InChI is InChI=1S/C25H21NO5/c1-15-5-4-6-19-24(28)18-10-9-17(14-21(18)31-25(15)19)26-23(27)12-8-16-7-11-20(29-2)22(13-16)30-3/h4-14H,1-3H3,(H,26,27)/b12-8+. The summed E-state index contributed by atoms with van der Waals surface area (Å²) in [6.45, 7) is 1.89. The second kappa shape index (κ2) is 8.36. The fourth-order valence-corrected chi connectivity index (χ4v) is 3.41. The fraction of sp³-hybridized carbons (Fsp3) is 0.120. The highest BCUT2D eigenvalue weighted by Crippen LogP contribution is 2.28. The first-order chi connectivity index (χ1) is 15.0. The van der Waals surface area contributed by atoms with E-state index in [1.54, 1.807) is 56.7 Å². The first-order valence-electron chi connectivity index (χ1n) is 9.67. The Bertz CT molecular complexity index is 1380. The van der Waals surface area contributed by atoms with Crippen LogP contribution in [0.1, 0.15) is 11.1 Å². The van der Waals surface area contributed by atoms with Gasteiger partial charge < -0.3 is 19.2 Å². The lowest BCUT2D eigenvalue weighted by Gasteiger charge is -2.08. The van der Waals surface area contributed by atoms with E-state index in [1.807, 2.05) is 25.1 Å². The first kappa shape index (κ1) is 20.2. The van der Waals surface area contributed by atoms with Crippen LogP contribution in [0.2, 0.25) is 0 Å². The number of rotatable bonds is 5. The molecule has 0 spiro atoms. The summed E-state index contributed by atoms with van der Waals surface area (Å²) in [6, 6.07) is 15.9. The Morgan fingerprint density at radius 1 is 0.968 bits per heavy atom. The molecule has 0 bridgehead atoms. The summed E-state index contributed by atoms with van der Waals surface area (Å²) in [5.74, 6) is 0.884. The molecular weight excluding hydrogens is 394 g/mol. The minimum atomic E-state index is -0.312. The van der Waals surface area contributed by atoms with Crippen LogP contribution >= 0.6 is 0 Å². The van der Waals surface area contributed by atoms with E-state index in [9.17, 15) is 9.59 Å². The van der Waals surface area contributed by atoms with Crippen LogP contribution in [0.25, 0.3) is 28.0 Å². The zero-order valence-electron chi connectivity index (χ0n) is 17.4. The van der Waals surface area contributed by atoms with E-state index in [0.717, 1.165) is 11.1 Å². The maximum atomic E-state index is 12.8. The molecule has 6 heteroatoms. The lowest BCUT2D eigenvalue weighted by molar-refractivity contribution is -0.111. The third-order valence-corrected chi connectivity index (χ3v) is 5.00. The summed E-state index contributed by atoms with van der Waals surface area (Å²) >= 11 is 0. The highest BCUT2D eigenvalue weighted by atomic mass is 16.5. The van der Waals surface area contributed by atoms with Crippen molar-refractivity contribution in [3.8, 4) is 11.5 Å². The monoisotopic (exact) mass is 415 g/mol. The zero-order valence-corrected chi connectivity index (χ0v) is 17.4. The van der Waals surface area contributed by atoms with Crippen molar-refractivity contribution in [2.45, 2.75) is 6.92 Å². The van der Waals surface area contributed by atoms with Crippen molar-refractivity contribution in [2.24, 2.45) is 0 Å². The van der Waals surface area contributed by atoms with Gasteiger partial charge in [-0.25, -0.2) is 0 Å². The number of anilines is 1. The molecule has 0 saturated carbocycles. The van der Waals surface area contributed by atoms with Crippen LogP contribution in [0, 0.1) is 6.92 Å². The number of amides is 1. The van der Waals surface area contributed by atoms with Crippen molar-refractivity contribution in [3.05, 3.63) is 82.0 Å². The van der Waals surface area contributed by atoms with Crippen molar-refractivity contribution >= 4 is 39.6 Å². The molecule has 4 rings (SSSR count). The summed E-state index contributed by atoms with van der Waals surface area (Å²) < 4.78 is 16.4. The minimum Gasteiger partial charge on any atom is -0.493 e. The maximum absolute atomic E-state index is 12.8. The molecule has 0 aliphatic carbocycles. The number of nitrogens with one attached hydrogen (secondary N) is 1. The van der Waals surface area contributed by atoms with E-state index < -0.39 is 0 Å². The van der Waals surface area contributed by atoms with Crippen molar-refractivity contribution in [2.75, 3.05) is 19.5 Å². The number of para-hydroxylation sites is 1. The average molecular weight is 415 g/mol. The molecular formula is C25H21NO5. The maximum Gasteiger partial charge on any atom is 0.248 e. The second-order valence-corrected chi connectivity index (χ2v) is 7.03. The fourth-order valence-electron chi connectivity index (χ4n) is 3.41. The molecule has 1 aromatic heterocycles. The van der Waals surface area contributed by atoms with Crippen LogP contribution in [0.4, 0.5) is 5.69 Å². The van der Waals surface area contributed by atoms with Gasteiger partial charge in [0.25, 0.3) is 0 Å². The van der Waals surface area contributed by atoms with E-state index in [2.05, 4.69) is 5.32 Å². The number of methoxy groups -OCH3 is 2. The van der Waals surface area contributed by atoms with Crippen LogP contribution in [0.3, 0.4) is 0 Å². The van der Waals surface area contributed by atoms with Gasteiger partial charge in [0.2, 0.25) is 11.3 Å². The smallest absolute Gasteiger partial charge is 0.248 e. The number of benzene rings is 3. The Balaban J connectivity index is 1.59. The van der Waals surface area contributed by atoms with E-state index in [1.165, 1.54) is 6.08 Å². The van der Waals surface area contributed by atoms with Crippen LogP contribution in [-0.2, 0) is 4.79 Å². The van der Waals surface area contributed by atoms with Gasteiger partial charge in [0.1, 0.15) is 11.2 Å². The SMILES string of the molecule is COc1ccc(/C=C/C(=O)Nc2ccc3c(=O)c4cccc(C)c4oc3c2)cc1OC. The number of hydrogen-bond acceptors (Lipinski definition) is 5. The molecule has 1 amide bonds. The molecule has 4 aromatic rings. The Hall–Kier alpha value is -4.06. The van der Waals surface area contributed by atoms with Gasteiger partial charge in [-0.2, -0.15) is 0 Å². The molecule has 0 saturated heterocycles. The molecule has 0 fully saturated rings. The molecule has 1 N–H and O–H groups in total. The third-order valence-electron chi connectivity index (χ3n) is 5.00. The summed E-state index contributed by atoms with van der Waals surface area (Å²) in [6.07, 6.45) is 3.10. The number of fused-ring (bicyclic) bond motifs is 2. The number of carbonyl (C=O) groups is 1. The van der Waals surface area contributed by atoms with Gasteiger partial charge in [-0.05, 0) is 54.5 Å². The van der Waals surface area contributed by atoms with E-state index in [4.69, 9.17) is 13.9 Å². The van der Waals surface area contributed by atoms with Crippen LogP contribution < -0.4 is 20.2 Å². The molecule has 6 nitrogen and oxygen atoms in total. The van der Waals surface area contributed by atoms with Crippen molar-refractivity contribution < 1.29 is 18.7 Å². The summed E-state index contributed by atoms with van der Waals surface area (Å²) in [7, 11) is 3.12. The lowest BCUT2D eigenvalue weighted by atomic mass is 10.1. The third kappa shape index (κ3) is 4.00. The van der Waals surface area contributed by atoms with E-state index in [0.29, 0.717) is 39.1 Å². The molecule has 0 radical (unpaired) electrons. The number of carbonyl (C=O) groups excluding carboxylic acids is 1. The Kier molecular flexibility index (Phi) is 5.45. The number of aryl methyl sites for hydroxylation is 1. The van der Waals surface area contributed by atoms with Crippen molar-refractivity contribution in [1.29, 1.82) is 0 Å². The van der Waals surface area contributed by atoms with Gasteiger partial charge in [-0.1, -0.05) is 18.2 Å². The first-order valence-corrected chi connectivity index (χ1v) is 9.67. The second-order valence-electron chi connectivity index (χ2n) is 7.03. The number of hydrogen-bond donors (Lipinski definition) is 1. The lowest BCUT2D eigenvalue weighted by Crippen LogP contribution is -2.08. The predicted octanol–water partition coefficient (Wildman–Crippen LogP) is 4.92. The van der Waals surface area contributed by atoms with Gasteiger partial charge in [0, 0.05) is 17.8 Å². The zero-order chi connectivity index (χ0) is 22.0. The topological polar surface area (TPSA) is 77.8 Å². The molecule has 0 unspecified atom stereocenters. The van der Waals surface area contributed by atoms with Crippen molar-refractivity contribution in [1.82, 2.24) is 0 Å². The molecule has 156 valence electrons. The highest BCUT2D eigenvalue weighted by molar-refractivity contribution is 6.03.